The van der Waals surface area contributed by atoms with E-state index in [2.05, 4.69) is 33.4 Å². The number of hydrogen-bond acceptors (Lipinski definition) is 5. The minimum Gasteiger partial charge on any atom is -0.497 e. The van der Waals surface area contributed by atoms with Crippen molar-refractivity contribution in [2.45, 2.75) is 13.8 Å². The molecule has 3 aromatic carbocycles. The van der Waals surface area contributed by atoms with Gasteiger partial charge in [0, 0.05) is 26.4 Å². The highest BCUT2D eigenvalue weighted by atomic mass is 79.9. The van der Waals surface area contributed by atoms with Gasteiger partial charge in [0.25, 0.3) is 5.91 Å². The number of nitrogens with one attached hydrogen (secondary N) is 1. The molecule has 0 fully saturated rings. The predicted octanol–water partition coefficient (Wildman–Crippen LogP) is 8.14. The normalized spacial score (nSPS) is 10.8. The van der Waals surface area contributed by atoms with Crippen LogP contribution in [0.4, 0.5) is 5.00 Å². The SMILES string of the molecule is COc1cccc(-c2cc(C(=O)Nc3scc(-c4cc(C)ccc4C)c3C#N)c3cc(Br)ccc3n2)c1. The number of fused-ring (bicyclic) bond motifs is 1. The number of amides is 1. The van der Waals surface area contributed by atoms with E-state index in [1.165, 1.54) is 11.3 Å². The van der Waals surface area contributed by atoms with Gasteiger partial charge in [-0.05, 0) is 61.4 Å². The van der Waals surface area contributed by atoms with Crippen molar-refractivity contribution >= 4 is 49.1 Å². The maximum absolute atomic E-state index is 13.7. The van der Waals surface area contributed by atoms with Crippen LogP contribution < -0.4 is 10.1 Å². The molecular formula is C30H22BrN3O2S. The van der Waals surface area contributed by atoms with Crippen LogP contribution in [0.2, 0.25) is 0 Å². The van der Waals surface area contributed by atoms with E-state index in [-0.39, 0.29) is 5.91 Å². The standard InChI is InChI=1S/C30H22BrN3O2S/c1-17-7-8-18(2)22(11-17)26-16-37-30(25(26)15-32)34-29(35)24-14-28(19-5-4-6-21(12-19)36-3)33-27-10-9-20(31)13-23(24)27/h4-14,16H,1-3H3,(H,34,35). The Balaban J connectivity index is 1.59. The summed E-state index contributed by atoms with van der Waals surface area (Å²) in [7, 11) is 1.61. The first-order valence-corrected chi connectivity index (χ1v) is 13.2. The fourth-order valence-electron chi connectivity index (χ4n) is 4.27. The number of ether oxygens (including phenoxy) is 1. The Kier molecular flexibility index (Phi) is 6.79. The van der Waals surface area contributed by atoms with Gasteiger partial charge in [-0.15, -0.1) is 11.3 Å². The summed E-state index contributed by atoms with van der Waals surface area (Å²) in [5, 5.41) is 16.2. The monoisotopic (exact) mass is 567 g/mol. The van der Waals surface area contributed by atoms with E-state index in [1.807, 2.05) is 73.8 Å². The first-order valence-electron chi connectivity index (χ1n) is 11.5. The first kappa shape index (κ1) is 24.7. The lowest BCUT2D eigenvalue weighted by Crippen LogP contribution is -2.13. The van der Waals surface area contributed by atoms with Crippen LogP contribution in [-0.2, 0) is 0 Å². The van der Waals surface area contributed by atoms with E-state index in [0.29, 0.717) is 38.5 Å². The van der Waals surface area contributed by atoms with Gasteiger partial charge in [-0.25, -0.2) is 4.98 Å². The van der Waals surface area contributed by atoms with Crippen molar-refractivity contribution in [2.75, 3.05) is 12.4 Å². The van der Waals surface area contributed by atoms with Crippen molar-refractivity contribution in [1.29, 1.82) is 5.26 Å². The number of benzene rings is 3. The maximum atomic E-state index is 13.7. The molecule has 0 aliphatic heterocycles. The zero-order valence-corrected chi connectivity index (χ0v) is 22.8. The molecule has 0 saturated heterocycles. The summed E-state index contributed by atoms with van der Waals surface area (Å²) in [6.45, 7) is 4.05. The minimum atomic E-state index is -0.305. The molecule has 1 N–H and O–H groups in total. The summed E-state index contributed by atoms with van der Waals surface area (Å²) in [5.41, 5.74) is 7.11. The minimum absolute atomic E-state index is 0.305. The number of anilines is 1. The topological polar surface area (TPSA) is 75.0 Å². The fourth-order valence-corrected chi connectivity index (χ4v) is 5.54. The van der Waals surface area contributed by atoms with Gasteiger partial charge in [0.15, 0.2) is 0 Å². The number of aromatic nitrogens is 1. The number of nitrogens with zero attached hydrogens (tertiary/aromatic N) is 2. The van der Waals surface area contributed by atoms with Crippen molar-refractivity contribution in [2.24, 2.45) is 0 Å². The predicted molar refractivity (Wildman–Crippen MR) is 153 cm³/mol. The molecule has 5 nitrogen and oxygen atoms in total. The van der Waals surface area contributed by atoms with Gasteiger partial charge >= 0.3 is 0 Å². The number of rotatable bonds is 5. The van der Waals surface area contributed by atoms with Crippen LogP contribution in [0, 0.1) is 25.2 Å². The third-order valence-electron chi connectivity index (χ3n) is 6.19. The van der Waals surface area contributed by atoms with Gasteiger partial charge in [0.05, 0.1) is 29.4 Å². The Morgan fingerprint density at radius 3 is 2.68 bits per heavy atom. The van der Waals surface area contributed by atoms with Gasteiger partial charge in [-0.3, -0.25) is 4.79 Å². The molecule has 5 rings (SSSR count). The van der Waals surface area contributed by atoms with Crippen molar-refractivity contribution in [3.8, 4) is 34.2 Å². The average molecular weight is 568 g/mol. The Hall–Kier alpha value is -3.99. The van der Waals surface area contributed by atoms with Crippen molar-refractivity contribution in [3.05, 3.63) is 98.8 Å². The number of aryl methyl sites for hydroxylation is 2. The molecule has 0 aliphatic carbocycles. The molecule has 182 valence electrons. The summed E-state index contributed by atoms with van der Waals surface area (Å²) >= 11 is 4.86. The number of carbonyl (C=O) groups excluding carboxylic acids is 1. The molecule has 5 aromatic rings. The molecule has 37 heavy (non-hydrogen) atoms. The van der Waals surface area contributed by atoms with Gasteiger partial charge in [0.2, 0.25) is 0 Å². The van der Waals surface area contributed by atoms with E-state index in [1.54, 1.807) is 13.2 Å². The molecule has 0 saturated carbocycles. The lowest BCUT2D eigenvalue weighted by atomic mass is 9.98. The summed E-state index contributed by atoms with van der Waals surface area (Å²) in [6, 6.07) is 23.5. The molecule has 2 aromatic heterocycles. The average Bonchev–Trinajstić information content (AvgIpc) is 3.31. The van der Waals surface area contributed by atoms with E-state index in [4.69, 9.17) is 9.72 Å². The van der Waals surface area contributed by atoms with E-state index in [0.717, 1.165) is 32.3 Å². The molecule has 2 heterocycles. The zero-order valence-electron chi connectivity index (χ0n) is 20.4. The van der Waals surface area contributed by atoms with Gasteiger partial charge < -0.3 is 10.1 Å². The second kappa shape index (κ2) is 10.2. The van der Waals surface area contributed by atoms with Crippen LogP contribution in [0.25, 0.3) is 33.3 Å². The maximum Gasteiger partial charge on any atom is 0.257 e. The van der Waals surface area contributed by atoms with Crippen LogP contribution in [0.5, 0.6) is 5.75 Å². The van der Waals surface area contributed by atoms with Crippen LogP contribution in [-0.4, -0.2) is 18.0 Å². The lowest BCUT2D eigenvalue weighted by Gasteiger charge is -2.12. The van der Waals surface area contributed by atoms with Gasteiger partial charge in [-0.2, -0.15) is 5.26 Å². The summed E-state index contributed by atoms with van der Waals surface area (Å²) in [6.07, 6.45) is 0. The van der Waals surface area contributed by atoms with Crippen LogP contribution in [0.3, 0.4) is 0 Å². The number of carbonyl (C=O) groups is 1. The zero-order chi connectivity index (χ0) is 26.1. The fraction of sp³-hybridized carbons (Fsp3) is 0.100. The number of thiophene rings is 1. The van der Waals surface area contributed by atoms with Crippen LogP contribution in [0.1, 0.15) is 27.0 Å². The van der Waals surface area contributed by atoms with E-state index >= 15 is 0 Å². The smallest absolute Gasteiger partial charge is 0.257 e. The molecular weight excluding hydrogens is 546 g/mol. The number of hydrogen-bond donors (Lipinski definition) is 1. The number of pyridine rings is 1. The third-order valence-corrected chi connectivity index (χ3v) is 7.58. The molecule has 0 atom stereocenters. The molecule has 7 heteroatoms. The summed E-state index contributed by atoms with van der Waals surface area (Å²) in [4.78, 5) is 18.5. The highest BCUT2D eigenvalue weighted by Gasteiger charge is 2.20. The quantitative estimate of drug-likeness (QED) is 0.232. The molecule has 0 unspecified atom stereocenters. The van der Waals surface area contributed by atoms with Gasteiger partial charge in [-0.1, -0.05) is 51.8 Å². The highest BCUT2D eigenvalue weighted by molar-refractivity contribution is 9.10. The van der Waals surface area contributed by atoms with Crippen LogP contribution in [0.15, 0.2) is 76.6 Å². The Labute approximate surface area is 227 Å². The Morgan fingerprint density at radius 1 is 1.05 bits per heavy atom. The van der Waals surface area contributed by atoms with E-state index < -0.39 is 0 Å². The number of halogens is 1. The highest BCUT2D eigenvalue weighted by Crippen LogP contribution is 2.38. The van der Waals surface area contributed by atoms with E-state index in [9.17, 15) is 10.1 Å². The molecule has 0 radical (unpaired) electrons. The number of nitriles is 1. The Morgan fingerprint density at radius 2 is 1.89 bits per heavy atom. The second-order valence-electron chi connectivity index (χ2n) is 8.69. The van der Waals surface area contributed by atoms with Crippen molar-refractivity contribution < 1.29 is 9.53 Å². The second-order valence-corrected chi connectivity index (χ2v) is 10.5. The van der Waals surface area contributed by atoms with Gasteiger partial charge in [0.1, 0.15) is 16.8 Å². The summed E-state index contributed by atoms with van der Waals surface area (Å²) in [5.74, 6) is 0.401. The first-order chi connectivity index (χ1) is 17.9. The largest absolute Gasteiger partial charge is 0.497 e. The lowest BCUT2D eigenvalue weighted by molar-refractivity contribution is 0.102. The van der Waals surface area contributed by atoms with Crippen molar-refractivity contribution in [1.82, 2.24) is 4.98 Å². The third kappa shape index (κ3) is 4.86. The molecule has 0 aliphatic rings. The Bertz CT molecular complexity index is 1720. The van der Waals surface area contributed by atoms with Crippen molar-refractivity contribution in [3.63, 3.8) is 0 Å². The molecule has 0 bridgehead atoms. The summed E-state index contributed by atoms with van der Waals surface area (Å²) < 4.78 is 6.22. The molecule has 0 spiro atoms. The van der Waals surface area contributed by atoms with Crippen LogP contribution >= 0.6 is 27.3 Å². The number of methoxy groups -OCH3 is 1. The molecule has 1 amide bonds.